The van der Waals surface area contributed by atoms with Gasteiger partial charge < -0.3 is 39.5 Å². The molecule has 4 N–H and O–H groups in total. The van der Waals surface area contributed by atoms with Gasteiger partial charge in [-0.05, 0) is 112 Å². The van der Waals surface area contributed by atoms with Gasteiger partial charge in [0.2, 0.25) is 0 Å². The molecular formula is C46H56N6O8S2. The molecule has 0 radical (unpaired) electrons. The summed E-state index contributed by atoms with van der Waals surface area (Å²) in [6, 6.07) is 18.6. The van der Waals surface area contributed by atoms with E-state index in [1.165, 1.54) is 0 Å². The fourth-order valence-electron chi connectivity index (χ4n) is 6.93. The molecule has 0 unspecified atom stereocenters. The van der Waals surface area contributed by atoms with Crippen LogP contribution < -0.4 is 29.9 Å². The highest BCUT2D eigenvalue weighted by atomic mass is 32.1. The number of unbranched alkanes of at least 4 members (excludes halogenated alkanes) is 6. The molecule has 0 fully saturated rings. The second kappa shape index (κ2) is 25.7. The quantitative estimate of drug-likeness (QED) is 0.0177. The Morgan fingerprint density at radius 2 is 0.968 bits per heavy atom. The number of H-pyrrole nitrogens is 2. The topological polar surface area (TPSA) is 187 Å². The number of aromatic nitrogens is 4. The number of rotatable bonds is 28. The predicted octanol–water partition coefficient (Wildman–Crippen LogP) is 6.70. The molecule has 330 valence electrons. The first-order valence-corrected chi connectivity index (χ1v) is 23.2. The largest absolute Gasteiger partial charge is 0.423 e. The number of thiazole rings is 2. The average Bonchev–Trinajstić information content (AvgIpc) is 3.89. The van der Waals surface area contributed by atoms with Crippen molar-refractivity contribution in [2.75, 3.05) is 52.6 Å². The van der Waals surface area contributed by atoms with Crippen LogP contribution in [0.5, 0.6) is 11.5 Å². The van der Waals surface area contributed by atoms with Gasteiger partial charge in [-0.1, -0.05) is 72.6 Å². The lowest BCUT2D eigenvalue weighted by Gasteiger charge is -2.10. The summed E-state index contributed by atoms with van der Waals surface area (Å²) in [5.41, 5.74) is 4.63. The summed E-state index contributed by atoms with van der Waals surface area (Å²) in [5, 5.41) is 6.94. The molecule has 4 heterocycles. The van der Waals surface area contributed by atoms with Gasteiger partial charge >= 0.3 is 21.7 Å². The van der Waals surface area contributed by atoms with Crippen molar-refractivity contribution in [1.82, 2.24) is 30.6 Å². The second-order valence-corrected chi connectivity index (χ2v) is 16.8. The molecular weight excluding hydrogens is 829 g/mol. The third-order valence-electron chi connectivity index (χ3n) is 10.2. The smallest absolute Gasteiger partial charge is 0.416 e. The van der Waals surface area contributed by atoms with Crippen molar-refractivity contribution >= 4 is 55.0 Å². The molecule has 0 aliphatic rings. The summed E-state index contributed by atoms with van der Waals surface area (Å²) in [6.07, 6.45) is 15.2. The van der Waals surface area contributed by atoms with E-state index in [9.17, 15) is 19.2 Å². The normalized spacial score (nSPS) is 11.4. The molecule has 0 atom stereocenters. The Bertz CT molecular complexity index is 2230. The summed E-state index contributed by atoms with van der Waals surface area (Å²) < 4.78 is 23.7. The zero-order chi connectivity index (χ0) is 43.2. The van der Waals surface area contributed by atoms with Gasteiger partial charge in [0, 0.05) is 49.8 Å². The average molecular weight is 885 g/mol. The minimum absolute atomic E-state index is 0.0520. The van der Waals surface area contributed by atoms with Gasteiger partial charge in [0.25, 0.3) is 0 Å². The molecule has 0 saturated carbocycles. The molecule has 2 aromatic carbocycles. The van der Waals surface area contributed by atoms with Gasteiger partial charge in [-0.25, -0.2) is 9.59 Å². The number of hydrogen-bond acceptors (Lipinski definition) is 14. The van der Waals surface area contributed by atoms with Crippen LogP contribution in [0, 0.1) is 0 Å². The number of fused-ring (bicyclic) bond motifs is 2. The minimum atomic E-state index is -1.25. The summed E-state index contributed by atoms with van der Waals surface area (Å²) >= 11 is 2.05. The van der Waals surface area contributed by atoms with Crippen LogP contribution in [0.4, 0.5) is 0 Å². The molecule has 0 saturated heterocycles. The first kappa shape index (κ1) is 46.4. The SMILES string of the molecule is O=C(Oc1ccc(CCNCCCCCCOCCc2ccccn2)c2sc(=O)[nH]c12)C(=O)Oc1ccc(CCNCCCCCCOCCc2ccccn2)c2sc(=O)[nH]c12. The molecule has 0 bridgehead atoms. The molecule has 62 heavy (non-hydrogen) atoms. The standard InChI is InChI=1S/C46H56N6O8S2/c53-43(59-37-17-15-33(41-39(37)51-45(55)61-41)19-27-47-23-7-1-3-11-29-57-31-21-35-13-5-9-25-49-35)44(54)60-38-18-16-34(42-40(38)52-46(56)62-42)20-28-48-24-8-2-4-12-30-58-32-22-36-14-6-10-26-50-36/h5-6,9-10,13-18,25-26,47-48H,1-4,7-8,11-12,19-24,27-32H2,(H,51,55)(H,52,56). The number of pyridine rings is 2. The zero-order valence-corrected chi connectivity index (χ0v) is 36.7. The van der Waals surface area contributed by atoms with E-state index in [0.717, 1.165) is 136 Å². The van der Waals surface area contributed by atoms with E-state index < -0.39 is 11.9 Å². The van der Waals surface area contributed by atoms with E-state index in [1.54, 1.807) is 36.7 Å². The summed E-state index contributed by atoms with van der Waals surface area (Å²) in [7, 11) is 0. The van der Waals surface area contributed by atoms with Crippen LogP contribution in [-0.4, -0.2) is 84.5 Å². The van der Waals surface area contributed by atoms with Crippen LogP contribution in [0.2, 0.25) is 0 Å². The maximum absolute atomic E-state index is 13.0. The predicted molar refractivity (Wildman–Crippen MR) is 244 cm³/mol. The van der Waals surface area contributed by atoms with Crippen molar-refractivity contribution in [3.8, 4) is 11.5 Å². The lowest BCUT2D eigenvalue weighted by molar-refractivity contribution is -0.156. The van der Waals surface area contributed by atoms with Gasteiger partial charge in [-0.3, -0.25) is 19.6 Å². The van der Waals surface area contributed by atoms with Crippen molar-refractivity contribution in [1.29, 1.82) is 0 Å². The highest BCUT2D eigenvalue weighted by Gasteiger charge is 2.24. The van der Waals surface area contributed by atoms with E-state index in [-0.39, 0.29) is 21.2 Å². The van der Waals surface area contributed by atoms with E-state index in [1.807, 2.05) is 36.4 Å². The molecule has 0 spiro atoms. The van der Waals surface area contributed by atoms with E-state index in [2.05, 4.69) is 30.6 Å². The molecule has 0 aliphatic carbocycles. The number of hydrogen-bond donors (Lipinski definition) is 4. The lowest BCUT2D eigenvalue weighted by Crippen LogP contribution is -2.25. The summed E-state index contributed by atoms with van der Waals surface area (Å²) in [5.74, 6) is -2.40. The Balaban J connectivity index is 0.868. The number of nitrogens with one attached hydrogen (secondary N) is 4. The Kier molecular flexibility index (Phi) is 19.3. The molecule has 6 rings (SSSR count). The Morgan fingerprint density at radius 3 is 1.40 bits per heavy atom. The highest BCUT2D eigenvalue weighted by molar-refractivity contribution is 7.17. The van der Waals surface area contributed by atoms with Gasteiger partial charge in [0.15, 0.2) is 11.5 Å². The van der Waals surface area contributed by atoms with Crippen molar-refractivity contribution in [2.45, 2.75) is 77.0 Å². The molecule has 6 aromatic rings. The number of aromatic amines is 2. The maximum atomic E-state index is 13.0. The van der Waals surface area contributed by atoms with Gasteiger partial charge in [0.1, 0.15) is 11.0 Å². The van der Waals surface area contributed by atoms with Crippen LogP contribution in [0.1, 0.15) is 73.9 Å². The van der Waals surface area contributed by atoms with Crippen molar-refractivity contribution in [2.24, 2.45) is 0 Å². The third-order valence-corrected chi connectivity index (χ3v) is 12.1. The van der Waals surface area contributed by atoms with Crippen LogP contribution in [-0.2, 0) is 44.7 Å². The Morgan fingerprint density at radius 1 is 0.516 bits per heavy atom. The molecule has 14 nitrogen and oxygen atoms in total. The first-order valence-electron chi connectivity index (χ1n) is 21.5. The van der Waals surface area contributed by atoms with Crippen LogP contribution in [0.3, 0.4) is 0 Å². The van der Waals surface area contributed by atoms with Crippen LogP contribution in [0.25, 0.3) is 20.4 Å². The van der Waals surface area contributed by atoms with Crippen LogP contribution in [0.15, 0.2) is 82.6 Å². The number of carbonyl (C=O) groups excluding carboxylic acids is 2. The van der Waals surface area contributed by atoms with Gasteiger partial charge in [-0.2, -0.15) is 0 Å². The molecule has 0 amide bonds. The lowest BCUT2D eigenvalue weighted by atomic mass is 10.1. The Labute approximate surface area is 368 Å². The van der Waals surface area contributed by atoms with E-state index >= 15 is 0 Å². The van der Waals surface area contributed by atoms with Crippen molar-refractivity contribution in [3.63, 3.8) is 0 Å². The monoisotopic (exact) mass is 884 g/mol. The number of carbonyl (C=O) groups is 2. The van der Waals surface area contributed by atoms with E-state index in [4.69, 9.17) is 18.9 Å². The first-order chi connectivity index (χ1) is 30.4. The number of benzene rings is 2. The zero-order valence-electron chi connectivity index (χ0n) is 35.0. The minimum Gasteiger partial charge on any atom is -0.416 e. The fourth-order valence-corrected chi connectivity index (χ4v) is 8.72. The fraction of sp³-hybridized carbons (Fsp3) is 0.435. The summed E-state index contributed by atoms with van der Waals surface area (Å²) in [6.45, 7) is 6.06. The summed E-state index contributed by atoms with van der Waals surface area (Å²) in [4.78, 5) is 64.3. The number of nitrogens with zero attached hydrogens (tertiary/aromatic N) is 2. The van der Waals surface area contributed by atoms with Gasteiger partial charge in [-0.15, -0.1) is 0 Å². The Hall–Kier alpha value is -5.10. The number of ether oxygens (including phenoxy) is 4. The highest BCUT2D eigenvalue weighted by Crippen LogP contribution is 2.31. The third kappa shape index (κ3) is 15.1. The van der Waals surface area contributed by atoms with E-state index in [0.29, 0.717) is 59.6 Å². The van der Waals surface area contributed by atoms with Gasteiger partial charge in [0.05, 0.1) is 22.6 Å². The number of esters is 2. The van der Waals surface area contributed by atoms with Crippen LogP contribution >= 0.6 is 22.7 Å². The molecule has 4 aromatic heterocycles. The second-order valence-electron chi connectivity index (χ2n) is 14.9. The molecule has 0 aliphatic heterocycles. The van der Waals surface area contributed by atoms with Crippen molar-refractivity contribution < 1.29 is 28.5 Å². The molecule has 16 heteroatoms. The maximum Gasteiger partial charge on any atom is 0.423 e. The van der Waals surface area contributed by atoms with Crippen molar-refractivity contribution in [3.05, 3.63) is 115 Å².